The Balaban J connectivity index is 1.83. The van der Waals surface area contributed by atoms with Gasteiger partial charge < -0.3 is 5.32 Å². The fourth-order valence-electron chi connectivity index (χ4n) is 1.70. The zero-order valence-corrected chi connectivity index (χ0v) is 10.2. The summed E-state index contributed by atoms with van der Waals surface area (Å²) >= 11 is 1.49. The van der Waals surface area contributed by atoms with Crippen LogP contribution in [0.4, 0.5) is 0 Å². The highest BCUT2D eigenvalue weighted by molar-refractivity contribution is 7.14. The van der Waals surface area contributed by atoms with Crippen LogP contribution < -0.4 is 5.32 Å². The van der Waals surface area contributed by atoms with Crippen molar-refractivity contribution in [1.29, 1.82) is 0 Å². The molecule has 1 saturated heterocycles. The van der Waals surface area contributed by atoms with Gasteiger partial charge in [-0.2, -0.15) is 0 Å². The smallest absolute Gasteiger partial charge is 0.224 e. The quantitative estimate of drug-likeness (QED) is 0.824. The van der Waals surface area contributed by atoms with Crippen LogP contribution in [0.1, 0.15) is 26.3 Å². The van der Waals surface area contributed by atoms with Crippen molar-refractivity contribution in [2.45, 2.75) is 13.0 Å². The second-order valence-corrected chi connectivity index (χ2v) is 5.42. The Labute approximate surface area is 102 Å². The number of carbonyl (C=O) groups excluding carboxylic acids is 1. The van der Waals surface area contributed by atoms with Gasteiger partial charge in [-0.25, -0.2) is 4.68 Å². The number of hydrogen-bond donors (Lipinski definition) is 1. The number of hydrogen-bond acceptors (Lipinski definition) is 5. The van der Waals surface area contributed by atoms with Crippen molar-refractivity contribution in [2.75, 3.05) is 13.1 Å². The lowest BCUT2D eigenvalue weighted by molar-refractivity contribution is 0.103. The molecule has 0 radical (unpaired) electrons. The topological polar surface area (TPSA) is 59.8 Å². The molecule has 17 heavy (non-hydrogen) atoms. The summed E-state index contributed by atoms with van der Waals surface area (Å²) in [6, 6.07) is 4.12. The van der Waals surface area contributed by atoms with Crippen LogP contribution >= 0.6 is 11.3 Å². The number of aromatic nitrogens is 3. The summed E-state index contributed by atoms with van der Waals surface area (Å²) in [6.45, 7) is 3.78. The van der Waals surface area contributed by atoms with Crippen LogP contribution in [0, 0.1) is 6.92 Å². The van der Waals surface area contributed by atoms with E-state index in [1.807, 2.05) is 19.1 Å². The van der Waals surface area contributed by atoms with Gasteiger partial charge in [-0.1, -0.05) is 5.21 Å². The summed E-state index contributed by atoms with van der Waals surface area (Å²) in [5.41, 5.74) is 0.429. The Hall–Kier alpha value is -1.53. The van der Waals surface area contributed by atoms with Crippen LogP contribution in [-0.2, 0) is 0 Å². The summed E-state index contributed by atoms with van der Waals surface area (Å²) in [5, 5.41) is 11.1. The third kappa shape index (κ3) is 1.89. The molecule has 0 spiro atoms. The minimum absolute atomic E-state index is 0.0402. The van der Waals surface area contributed by atoms with Gasteiger partial charge in [0, 0.05) is 18.0 Å². The number of aryl methyl sites for hydroxylation is 1. The summed E-state index contributed by atoms with van der Waals surface area (Å²) in [7, 11) is 0. The van der Waals surface area contributed by atoms with Crippen LogP contribution in [-0.4, -0.2) is 33.9 Å². The van der Waals surface area contributed by atoms with Gasteiger partial charge in [0.15, 0.2) is 5.69 Å². The second kappa shape index (κ2) is 4.05. The van der Waals surface area contributed by atoms with E-state index in [2.05, 4.69) is 15.6 Å². The maximum Gasteiger partial charge on any atom is 0.224 e. The van der Waals surface area contributed by atoms with Crippen molar-refractivity contribution in [3.8, 4) is 0 Å². The Bertz CT molecular complexity index is 555. The van der Waals surface area contributed by atoms with Crippen molar-refractivity contribution in [3.63, 3.8) is 0 Å². The molecule has 0 aromatic carbocycles. The number of carbonyl (C=O) groups is 1. The first-order valence-corrected chi connectivity index (χ1v) is 6.29. The lowest BCUT2D eigenvalue weighted by Gasteiger charge is -2.26. The van der Waals surface area contributed by atoms with Gasteiger partial charge in [0.1, 0.15) is 0 Å². The molecule has 5 nitrogen and oxygen atoms in total. The zero-order valence-electron chi connectivity index (χ0n) is 9.38. The third-order valence-electron chi connectivity index (χ3n) is 2.84. The molecule has 1 aliphatic rings. The van der Waals surface area contributed by atoms with Gasteiger partial charge in [-0.3, -0.25) is 4.79 Å². The number of nitrogens with zero attached hydrogens (tertiary/aromatic N) is 3. The largest absolute Gasteiger partial charge is 0.312 e. The van der Waals surface area contributed by atoms with E-state index in [0.29, 0.717) is 11.7 Å². The molecule has 1 fully saturated rings. The van der Waals surface area contributed by atoms with Gasteiger partial charge in [0.25, 0.3) is 0 Å². The maximum absolute atomic E-state index is 12.1. The standard InChI is InChI=1S/C11H12N4OS/c1-7-2-3-10(17-7)11(16)9-6-15(14-13-9)8-4-12-5-8/h2-3,6,8,12H,4-5H2,1H3. The van der Waals surface area contributed by atoms with Crippen LogP contribution in [0.3, 0.4) is 0 Å². The Morgan fingerprint density at radius 3 is 2.94 bits per heavy atom. The fraction of sp³-hybridized carbons (Fsp3) is 0.364. The average Bonchev–Trinajstić information content (AvgIpc) is 2.84. The molecule has 2 aromatic heterocycles. The first-order chi connectivity index (χ1) is 8.24. The predicted octanol–water partition coefficient (Wildman–Crippen LogP) is 1.02. The molecule has 0 atom stereocenters. The van der Waals surface area contributed by atoms with Gasteiger partial charge in [-0.15, -0.1) is 16.4 Å². The minimum atomic E-state index is -0.0402. The molecule has 0 aliphatic carbocycles. The van der Waals surface area contributed by atoms with Crippen LogP contribution in [0.2, 0.25) is 0 Å². The van der Waals surface area contributed by atoms with Crippen molar-refractivity contribution in [1.82, 2.24) is 20.3 Å². The minimum Gasteiger partial charge on any atom is -0.312 e. The normalized spacial score (nSPS) is 15.8. The van der Waals surface area contributed by atoms with Crippen molar-refractivity contribution >= 4 is 17.1 Å². The van der Waals surface area contributed by atoms with Crippen molar-refractivity contribution in [3.05, 3.63) is 33.8 Å². The molecule has 88 valence electrons. The Kier molecular flexibility index (Phi) is 2.53. The number of nitrogens with one attached hydrogen (secondary N) is 1. The first kappa shape index (κ1) is 10.6. The molecule has 0 unspecified atom stereocenters. The maximum atomic E-state index is 12.1. The third-order valence-corrected chi connectivity index (χ3v) is 3.84. The number of ketones is 1. The Morgan fingerprint density at radius 1 is 1.53 bits per heavy atom. The monoisotopic (exact) mass is 248 g/mol. The van der Waals surface area contributed by atoms with E-state index in [1.54, 1.807) is 10.9 Å². The molecule has 6 heteroatoms. The van der Waals surface area contributed by atoms with E-state index in [0.717, 1.165) is 22.8 Å². The lowest BCUT2D eigenvalue weighted by Crippen LogP contribution is -2.43. The molecule has 1 N–H and O–H groups in total. The van der Waals surface area contributed by atoms with Crippen LogP contribution in [0.15, 0.2) is 18.3 Å². The molecule has 3 rings (SSSR count). The van der Waals surface area contributed by atoms with Gasteiger partial charge in [-0.05, 0) is 19.1 Å². The molecule has 0 saturated carbocycles. The predicted molar refractivity (Wildman–Crippen MR) is 64.4 cm³/mol. The molecule has 1 aliphatic heterocycles. The lowest BCUT2D eigenvalue weighted by atomic mass is 10.2. The van der Waals surface area contributed by atoms with Gasteiger partial charge in [0.2, 0.25) is 5.78 Å². The molecule has 0 bridgehead atoms. The Morgan fingerprint density at radius 2 is 2.35 bits per heavy atom. The van der Waals surface area contributed by atoms with E-state index in [-0.39, 0.29) is 5.78 Å². The van der Waals surface area contributed by atoms with E-state index >= 15 is 0 Å². The molecule has 2 aromatic rings. The van der Waals surface area contributed by atoms with E-state index in [1.165, 1.54) is 11.3 Å². The SMILES string of the molecule is Cc1ccc(C(=O)c2cn(C3CNC3)nn2)s1. The molecule has 3 heterocycles. The fourth-order valence-corrected chi connectivity index (χ4v) is 2.52. The summed E-state index contributed by atoms with van der Waals surface area (Å²) in [5.74, 6) is -0.0402. The zero-order chi connectivity index (χ0) is 11.8. The summed E-state index contributed by atoms with van der Waals surface area (Å²) in [4.78, 5) is 13.9. The van der Waals surface area contributed by atoms with Crippen molar-refractivity contribution < 1.29 is 4.79 Å². The van der Waals surface area contributed by atoms with Crippen molar-refractivity contribution in [2.24, 2.45) is 0 Å². The molecular weight excluding hydrogens is 236 g/mol. The highest BCUT2D eigenvalue weighted by Crippen LogP contribution is 2.19. The average molecular weight is 248 g/mol. The van der Waals surface area contributed by atoms with E-state index in [9.17, 15) is 4.79 Å². The van der Waals surface area contributed by atoms with Gasteiger partial charge in [0.05, 0.1) is 17.1 Å². The molecular formula is C11H12N4OS. The first-order valence-electron chi connectivity index (χ1n) is 5.48. The number of thiophene rings is 1. The van der Waals surface area contributed by atoms with Crippen LogP contribution in [0.5, 0.6) is 0 Å². The summed E-state index contributed by atoms with van der Waals surface area (Å²) < 4.78 is 1.77. The van der Waals surface area contributed by atoms with E-state index in [4.69, 9.17) is 0 Å². The van der Waals surface area contributed by atoms with Crippen LogP contribution in [0.25, 0.3) is 0 Å². The number of rotatable bonds is 3. The summed E-state index contributed by atoms with van der Waals surface area (Å²) in [6.07, 6.45) is 1.74. The highest BCUT2D eigenvalue weighted by atomic mass is 32.1. The van der Waals surface area contributed by atoms with Gasteiger partial charge >= 0.3 is 0 Å². The van der Waals surface area contributed by atoms with E-state index < -0.39 is 0 Å². The molecule has 0 amide bonds. The second-order valence-electron chi connectivity index (χ2n) is 4.14. The highest BCUT2D eigenvalue weighted by Gasteiger charge is 2.22.